The third kappa shape index (κ3) is 7.46. The van der Waals surface area contributed by atoms with E-state index in [1.807, 2.05) is 20.8 Å². The lowest BCUT2D eigenvalue weighted by Gasteiger charge is -2.14. The highest BCUT2D eigenvalue weighted by molar-refractivity contribution is 6.03. The maximum absolute atomic E-state index is 12.0. The van der Waals surface area contributed by atoms with Crippen LogP contribution in [0.25, 0.3) is 0 Å². The van der Waals surface area contributed by atoms with Gasteiger partial charge >= 0.3 is 0 Å². The molecule has 0 aromatic heterocycles. The molecule has 0 fully saturated rings. The molecule has 0 saturated carbocycles. The Labute approximate surface area is 176 Å². The van der Waals surface area contributed by atoms with Crippen LogP contribution < -0.4 is 25.0 Å². The van der Waals surface area contributed by atoms with Gasteiger partial charge in [0, 0.05) is 11.8 Å². The van der Waals surface area contributed by atoms with E-state index in [1.54, 1.807) is 42.5 Å². The summed E-state index contributed by atoms with van der Waals surface area (Å²) < 4.78 is 16.4. The quantitative estimate of drug-likeness (QED) is 0.354. The average molecular weight is 413 g/mol. The first-order valence-corrected chi connectivity index (χ1v) is 9.60. The van der Waals surface area contributed by atoms with Gasteiger partial charge in [-0.15, -0.1) is 0 Å². The number of ether oxygens (including phenoxy) is 3. The Balaban J connectivity index is 1.90. The van der Waals surface area contributed by atoms with Gasteiger partial charge in [0.2, 0.25) is 11.8 Å². The molecule has 0 radical (unpaired) electrons. The number of nitrogens with one attached hydrogen (secondary N) is 2. The van der Waals surface area contributed by atoms with Crippen molar-refractivity contribution in [3.8, 4) is 17.2 Å². The van der Waals surface area contributed by atoms with Gasteiger partial charge in [-0.2, -0.15) is 5.10 Å². The highest BCUT2D eigenvalue weighted by atomic mass is 16.5. The van der Waals surface area contributed by atoms with Crippen LogP contribution in [0.15, 0.2) is 47.6 Å². The van der Waals surface area contributed by atoms with E-state index in [1.165, 1.54) is 13.3 Å². The van der Waals surface area contributed by atoms with Gasteiger partial charge in [-0.25, -0.2) is 5.43 Å². The number of benzene rings is 2. The Bertz CT molecular complexity index is 896. The topological polar surface area (TPSA) is 98.2 Å². The summed E-state index contributed by atoms with van der Waals surface area (Å²) in [6.45, 7) is 6.25. The Morgan fingerprint density at radius 2 is 1.90 bits per heavy atom. The molecule has 2 amide bonds. The molecule has 0 aliphatic heterocycles. The molecular formula is C22H27N3O5. The Kier molecular flexibility index (Phi) is 8.68. The van der Waals surface area contributed by atoms with Crippen LogP contribution in [0.3, 0.4) is 0 Å². The molecular weight excluding hydrogens is 386 g/mol. The first-order chi connectivity index (χ1) is 14.4. The van der Waals surface area contributed by atoms with Gasteiger partial charge in [0.05, 0.1) is 26.0 Å². The second-order valence-corrected chi connectivity index (χ2v) is 6.56. The van der Waals surface area contributed by atoms with E-state index in [0.29, 0.717) is 29.5 Å². The third-order valence-electron chi connectivity index (χ3n) is 3.71. The number of hydrogen-bond donors (Lipinski definition) is 2. The van der Waals surface area contributed by atoms with Gasteiger partial charge in [-0.3, -0.25) is 9.59 Å². The molecule has 2 aromatic carbocycles. The summed E-state index contributed by atoms with van der Waals surface area (Å²) >= 11 is 0. The van der Waals surface area contributed by atoms with E-state index in [9.17, 15) is 9.59 Å². The molecule has 8 nitrogen and oxygen atoms in total. The van der Waals surface area contributed by atoms with Crippen LogP contribution in [-0.4, -0.2) is 37.8 Å². The molecule has 2 N–H and O–H groups in total. The number of carbonyl (C=O) groups excluding carboxylic acids is 2. The van der Waals surface area contributed by atoms with Gasteiger partial charge < -0.3 is 19.5 Å². The third-order valence-corrected chi connectivity index (χ3v) is 3.71. The van der Waals surface area contributed by atoms with Gasteiger partial charge in [0.15, 0.2) is 11.5 Å². The Morgan fingerprint density at radius 1 is 1.10 bits per heavy atom. The van der Waals surface area contributed by atoms with Crippen LogP contribution in [0.1, 0.15) is 32.8 Å². The lowest BCUT2D eigenvalue weighted by Crippen LogP contribution is -2.24. The fraction of sp³-hybridized carbons (Fsp3) is 0.318. The molecule has 0 aliphatic carbocycles. The molecule has 160 valence electrons. The molecule has 0 aliphatic rings. The zero-order chi connectivity index (χ0) is 21.9. The van der Waals surface area contributed by atoms with Gasteiger partial charge in [-0.05, 0) is 56.7 Å². The molecule has 0 spiro atoms. The van der Waals surface area contributed by atoms with E-state index >= 15 is 0 Å². The van der Waals surface area contributed by atoms with Crippen molar-refractivity contribution < 1.29 is 23.8 Å². The van der Waals surface area contributed by atoms with Crippen molar-refractivity contribution >= 4 is 23.7 Å². The van der Waals surface area contributed by atoms with Crippen LogP contribution in [0.2, 0.25) is 0 Å². The summed E-state index contributed by atoms with van der Waals surface area (Å²) in [6, 6.07) is 12.2. The largest absolute Gasteiger partial charge is 0.497 e. The number of methoxy groups -OCH3 is 1. The van der Waals surface area contributed by atoms with Crippen LogP contribution in [0.5, 0.6) is 17.2 Å². The zero-order valence-electron chi connectivity index (χ0n) is 17.6. The summed E-state index contributed by atoms with van der Waals surface area (Å²) in [5.74, 6) is 0.862. The smallest absolute Gasteiger partial charge is 0.249 e. The highest BCUT2D eigenvalue weighted by Gasteiger charge is 2.10. The standard InChI is InChI=1S/C22H27N3O5/c1-5-29-20-11-16(9-10-19(20)30-15(2)3)14-23-25-22(27)13-21(26)24-17-7-6-8-18(12-17)28-4/h6-12,14-15H,5,13H2,1-4H3,(H,24,26)(H,25,27). The zero-order valence-corrected chi connectivity index (χ0v) is 17.6. The van der Waals surface area contributed by atoms with Crippen molar-refractivity contribution in [2.45, 2.75) is 33.3 Å². The molecule has 0 heterocycles. The van der Waals surface area contributed by atoms with Gasteiger partial charge in [0.1, 0.15) is 12.2 Å². The minimum Gasteiger partial charge on any atom is -0.497 e. The van der Waals surface area contributed by atoms with E-state index in [-0.39, 0.29) is 12.5 Å². The van der Waals surface area contributed by atoms with Crippen LogP contribution in [0, 0.1) is 0 Å². The average Bonchev–Trinajstić information content (AvgIpc) is 2.69. The Hall–Kier alpha value is -3.55. The normalized spacial score (nSPS) is 10.7. The summed E-state index contributed by atoms with van der Waals surface area (Å²) in [7, 11) is 1.54. The van der Waals surface area contributed by atoms with Crippen molar-refractivity contribution in [1.29, 1.82) is 0 Å². The lowest BCUT2D eigenvalue weighted by atomic mass is 10.2. The SMILES string of the molecule is CCOc1cc(C=NNC(=O)CC(=O)Nc2cccc(OC)c2)ccc1OC(C)C. The number of hydrogen-bond acceptors (Lipinski definition) is 6. The van der Waals surface area contributed by atoms with Gasteiger partial charge in [0.25, 0.3) is 0 Å². The predicted molar refractivity (Wildman–Crippen MR) is 115 cm³/mol. The number of nitrogens with zero attached hydrogens (tertiary/aromatic N) is 1. The molecule has 2 aromatic rings. The second-order valence-electron chi connectivity index (χ2n) is 6.56. The van der Waals surface area contributed by atoms with Crippen molar-refractivity contribution in [2.75, 3.05) is 19.0 Å². The van der Waals surface area contributed by atoms with E-state index < -0.39 is 11.8 Å². The van der Waals surface area contributed by atoms with Crippen molar-refractivity contribution in [3.05, 3.63) is 48.0 Å². The number of carbonyl (C=O) groups is 2. The molecule has 0 atom stereocenters. The van der Waals surface area contributed by atoms with Crippen LogP contribution >= 0.6 is 0 Å². The van der Waals surface area contributed by atoms with E-state index in [4.69, 9.17) is 14.2 Å². The van der Waals surface area contributed by atoms with E-state index in [0.717, 1.165) is 5.56 Å². The molecule has 0 saturated heterocycles. The van der Waals surface area contributed by atoms with Crippen molar-refractivity contribution in [2.24, 2.45) is 5.10 Å². The van der Waals surface area contributed by atoms with Crippen LogP contribution in [-0.2, 0) is 9.59 Å². The van der Waals surface area contributed by atoms with Crippen LogP contribution in [0.4, 0.5) is 5.69 Å². The summed E-state index contributed by atoms with van der Waals surface area (Å²) in [4.78, 5) is 23.9. The minimum absolute atomic E-state index is 0.0196. The van der Waals surface area contributed by atoms with Gasteiger partial charge in [-0.1, -0.05) is 6.07 Å². The van der Waals surface area contributed by atoms with Crippen molar-refractivity contribution in [1.82, 2.24) is 5.43 Å². The molecule has 2 rings (SSSR count). The first-order valence-electron chi connectivity index (χ1n) is 9.60. The number of rotatable bonds is 10. The Morgan fingerprint density at radius 3 is 2.60 bits per heavy atom. The lowest BCUT2D eigenvalue weighted by molar-refractivity contribution is -0.126. The summed E-state index contributed by atoms with van der Waals surface area (Å²) in [5, 5.41) is 6.54. The summed E-state index contributed by atoms with van der Waals surface area (Å²) in [6.07, 6.45) is 1.13. The maximum Gasteiger partial charge on any atom is 0.249 e. The molecule has 8 heteroatoms. The van der Waals surface area contributed by atoms with Crippen molar-refractivity contribution in [3.63, 3.8) is 0 Å². The van der Waals surface area contributed by atoms with E-state index in [2.05, 4.69) is 15.8 Å². The summed E-state index contributed by atoms with van der Waals surface area (Å²) in [5.41, 5.74) is 3.60. The predicted octanol–water partition coefficient (Wildman–Crippen LogP) is 3.36. The first kappa shape index (κ1) is 22.7. The minimum atomic E-state index is -0.531. The molecule has 0 unspecified atom stereocenters. The monoisotopic (exact) mass is 413 g/mol. The fourth-order valence-corrected chi connectivity index (χ4v) is 2.49. The number of anilines is 1. The fourth-order valence-electron chi connectivity index (χ4n) is 2.49. The molecule has 0 bridgehead atoms. The highest BCUT2D eigenvalue weighted by Crippen LogP contribution is 2.29. The number of amides is 2. The number of hydrazone groups is 1. The molecule has 30 heavy (non-hydrogen) atoms. The second kappa shape index (κ2) is 11.5. The maximum atomic E-state index is 12.0.